The van der Waals surface area contributed by atoms with Gasteiger partial charge in [-0.25, -0.2) is 0 Å². The monoisotopic (exact) mass is 322 g/mol. The van der Waals surface area contributed by atoms with Crippen molar-refractivity contribution in [3.8, 4) is 0 Å². The predicted molar refractivity (Wildman–Crippen MR) is 87.8 cm³/mol. The SMILES string of the molecule is C=C[C@]1(CO)CC[C@H]2[C@@H]3CCC[C@](C)(C(=O)OC)[C@H]3CC[C@@H]2O1. The molecule has 0 aromatic carbocycles. The van der Waals surface area contributed by atoms with E-state index in [2.05, 4.69) is 13.5 Å². The van der Waals surface area contributed by atoms with Crippen molar-refractivity contribution in [3.05, 3.63) is 12.7 Å². The number of aliphatic hydroxyl groups excluding tert-OH is 1. The molecule has 0 aromatic heterocycles. The Balaban J connectivity index is 1.80. The van der Waals surface area contributed by atoms with Gasteiger partial charge in [0.05, 0.1) is 25.2 Å². The lowest BCUT2D eigenvalue weighted by molar-refractivity contribution is -0.196. The predicted octanol–water partition coefficient (Wildman–Crippen LogP) is 3.09. The lowest BCUT2D eigenvalue weighted by Gasteiger charge is -2.55. The van der Waals surface area contributed by atoms with E-state index >= 15 is 0 Å². The van der Waals surface area contributed by atoms with E-state index in [0.29, 0.717) is 17.8 Å². The highest BCUT2D eigenvalue weighted by Crippen LogP contribution is 2.56. The minimum atomic E-state index is -0.561. The summed E-state index contributed by atoms with van der Waals surface area (Å²) in [7, 11) is 1.51. The number of esters is 1. The molecule has 1 heterocycles. The fourth-order valence-electron chi connectivity index (χ4n) is 5.58. The third-order valence-electron chi connectivity index (χ3n) is 6.94. The molecule has 4 heteroatoms. The highest BCUT2D eigenvalue weighted by molar-refractivity contribution is 5.76. The second-order valence-corrected chi connectivity index (χ2v) is 7.93. The van der Waals surface area contributed by atoms with Gasteiger partial charge in [-0.2, -0.15) is 0 Å². The number of carbonyl (C=O) groups is 1. The zero-order chi connectivity index (χ0) is 16.7. The largest absolute Gasteiger partial charge is 0.469 e. The van der Waals surface area contributed by atoms with Crippen LogP contribution in [0, 0.1) is 23.2 Å². The smallest absolute Gasteiger partial charge is 0.311 e. The number of rotatable bonds is 3. The van der Waals surface area contributed by atoms with E-state index < -0.39 is 5.60 Å². The van der Waals surface area contributed by atoms with E-state index in [0.717, 1.165) is 38.5 Å². The number of hydrogen-bond acceptors (Lipinski definition) is 4. The van der Waals surface area contributed by atoms with Crippen LogP contribution in [-0.2, 0) is 14.3 Å². The molecule has 6 atom stereocenters. The van der Waals surface area contributed by atoms with Crippen molar-refractivity contribution in [2.45, 2.75) is 63.6 Å². The summed E-state index contributed by atoms with van der Waals surface area (Å²) in [5, 5.41) is 9.69. The molecule has 23 heavy (non-hydrogen) atoms. The first-order chi connectivity index (χ1) is 11.0. The van der Waals surface area contributed by atoms with Gasteiger partial charge in [0.25, 0.3) is 0 Å². The van der Waals surface area contributed by atoms with E-state index in [1.165, 1.54) is 13.5 Å². The van der Waals surface area contributed by atoms with E-state index in [9.17, 15) is 9.90 Å². The zero-order valence-corrected chi connectivity index (χ0v) is 14.4. The molecule has 0 radical (unpaired) electrons. The van der Waals surface area contributed by atoms with Crippen molar-refractivity contribution in [1.82, 2.24) is 0 Å². The summed E-state index contributed by atoms with van der Waals surface area (Å²) in [5.41, 5.74) is -0.902. The Morgan fingerprint density at radius 1 is 1.30 bits per heavy atom. The summed E-state index contributed by atoms with van der Waals surface area (Å²) in [4.78, 5) is 12.4. The number of aliphatic hydroxyl groups is 1. The molecule has 3 fully saturated rings. The molecule has 0 spiro atoms. The maximum absolute atomic E-state index is 12.4. The standard InChI is InChI=1S/C19H30O4/c1-4-19(12-20)11-9-14-13-6-5-10-18(2,17(21)22-3)15(13)7-8-16(14)23-19/h4,13-16,20H,1,5-12H2,2-3H3/t13-,14-,15-,16-,18-,19+/m0/s1. The van der Waals surface area contributed by atoms with E-state index in [1.54, 1.807) is 6.08 Å². The van der Waals surface area contributed by atoms with Crippen molar-refractivity contribution in [3.63, 3.8) is 0 Å². The van der Waals surface area contributed by atoms with Crippen LogP contribution in [0.4, 0.5) is 0 Å². The Labute approximate surface area is 139 Å². The number of ether oxygens (including phenoxy) is 2. The second-order valence-electron chi connectivity index (χ2n) is 7.93. The first kappa shape index (κ1) is 17.0. The Morgan fingerprint density at radius 2 is 2.09 bits per heavy atom. The average molecular weight is 322 g/mol. The van der Waals surface area contributed by atoms with Gasteiger partial charge in [-0.1, -0.05) is 12.5 Å². The normalized spacial score (nSPS) is 46.4. The van der Waals surface area contributed by atoms with Crippen molar-refractivity contribution in [2.75, 3.05) is 13.7 Å². The molecule has 3 rings (SSSR count). The third-order valence-corrected chi connectivity index (χ3v) is 6.94. The van der Waals surface area contributed by atoms with Crippen LogP contribution in [0.25, 0.3) is 0 Å². The van der Waals surface area contributed by atoms with Crippen LogP contribution in [0.15, 0.2) is 12.7 Å². The van der Waals surface area contributed by atoms with Gasteiger partial charge >= 0.3 is 5.97 Å². The fraction of sp³-hybridized carbons (Fsp3) is 0.842. The number of carbonyl (C=O) groups excluding carboxylic acids is 1. The van der Waals surface area contributed by atoms with Crippen molar-refractivity contribution in [1.29, 1.82) is 0 Å². The molecule has 0 amide bonds. The number of methoxy groups -OCH3 is 1. The van der Waals surface area contributed by atoms with Gasteiger partial charge in [-0.15, -0.1) is 6.58 Å². The lowest BCUT2D eigenvalue weighted by Crippen LogP contribution is -2.55. The first-order valence-electron chi connectivity index (χ1n) is 9.00. The van der Waals surface area contributed by atoms with Gasteiger partial charge in [-0.3, -0.25) is 4.79 Å². The van der Waals surface area contributed by atoms with Gasteiger partial charge in [-0.05, 0) is 63.2 Å². The topological polar surface area (TPSA) is 55.8 Å². The Kier molecular flexibility index (Phi) is 4.58. The van der Waals surface area contributed by atoms with Gasteiger partial charge in [0.1, 0.15) is 5.60 Å². The molecule has 2 saturated carbocycles. The van der Waals surface area contributed by atoms with Crippen LogP contribution in [0.3, 0.4) is 0 Å². The molecule has 1 aliphatic heterocycles. The molecule has 0 unspecified atom stereocenters. The van der Waals surface area contributed by atoms with Gasteiger partial charge in [0, 0.05) is 0 Å². The summed E-state index contributed by atoms with van der Waals surface area (Å²) >= 11 is 0. The zero-order valence-electron chi connectivity index (χ0n) is 14.4. The Bertz CT molecular complexity index is 476. The lowest BCUT2D eigenvalue weighted by atomic mass is 9.53. The molecule has 2 aliphatic carbocycles. The van der Waals surface area contributed by atoms with Gasteiger partial charge in [0.2, 0.25) is 0 Å². The van der Waals surface area contributed by atoms with E-state index in [4.69, 9.17) is 9.47 Å². The summed E-state index contributed by atoms with van der Waals surface area (Å²) in [5.74, 6) is 1.39. The van der Waals surface area contributed by atoms with Crippen LogP contribution >= 0.6 is 0 Å². The van der Waals surface area contributed by atoms with E-state index in [1.807, 2.05) is 0 Å². The fourth-order valence-corrected chi connectivity index (χ4v) is 5.58. The minimum Gasteiger partial charge on any atom is -0.469 e. The van der Waals surface area contributed by atoms with Crippen molar-refractivity contribution < 1.29 is 19.4 Å². The molecule has 1 saturated heterocycles. The minimum absolute atomic E-state index is 0.00763. The Morgan fingerprint density at radius 3 is 2.74 bits per heavy atom. The molecule has 0 bridgehead atoms. The molecule has 130 valence electrons. The quantitative estimate of drug-likeness (QED) is 0.641. The van der Waals surface area contributed by atoms with Crippen LogP contribution in [-0.4, -0.2) is 36.5 Å². The molecular weight excluding hydrogens is 292 g/mol. The molecule has 3 aliphatic rings. The highest BCUT2D eigenvalue weighted by atomic mass is 16.5. The van der Waals surface area contributed by atoms with Crippen molar-refractivity contribution in [2.24, 2.45) is 23.2 Å². The number of hydrogen-bond donors (Lipinski definition) is 1. The molecular formula is C19H30O4. The summed E-state index contributed by atoms with van der Waals surface area (Å²) in [6.45, 7) is 5.96. The summed E-state index contributed by atoms with van der Waals surface area (Å²) in [6.07, 6.45) is 9.02. The van der Waals surface area contributed by atoms with Gasteiger partial charge < -0.3 is 14.6 Å². The van der Waals surface area contributed by atoms with Crippen molar-refractivity contribution >= 4 is 5.97 Å². The maximum Gasteiger partial charge on any atom is 0.311 e. The van der Waals surface area contributed by atoms with Crippen LogP contribution in [0.2, 0.25) is 0 Å². The second kappa shape index (κ2) is 6.21. The summed E-state index contributed by atoms with van der Waals surface area (Å²) < 4.78 is 11.4. The molecule has 4 nitrogen and oxygen atoms in total. The molecule has 1 N–H and O–H groups in total. The van der Waals surface area contributed by atoms with Crippen LogP contribution in [0.5, 0.6) is 0 Å². The maximum atomic E-state index is 12.4. The average Bonchev–Trinajstić information content (AvgIpc) is 2.60. The van der Waals surface area contributed by atoms with Crippen LogP contribution in [0.1, 0.15) is 51.9 Å². The highest BCUT2D eigenvalue weighted by Gasteiger charge is 2.55. The summed E-state index contributed by atoms with van der Waals surface area (Å²) in [6, 6.07) is 0. The Hall–Kier alpha value is -0.870. The van der Waals surface area contributed by atoms with E-state index in [-0.39, 0.29) is 24.1 Å². The van der Waals surface area contributed by atoms with Gasteiger partial charge in [0.15, 0.2) is 0 Å². The van der Waals surface area contributed by atoms with Crippen LogP contribution < -0.4 is 0 Å². The third kappa shape index (κ3) is 2.64. The number of fused-ring (bicyclic) bond motifs is 3. The molecule has 0 aromatic rings. The first-order valence-corrected chi connectivity index (χ1v) is 9.00.